The van der Waals surface area contributed by atoms with E-state index < -0.39 is 0 Å². The molecule has 0 aliphatic carbocycles. The van der Waals surface area contributed by atoms with Crippen molar-refractivity contribution in [3.63, 3.8) is 0 Å². The van der Waals surface area contributed by atoms with E-state index >= 15 is 0 Å². The first-order valence-electron chi connectivity index (χ1n) is 8.11. The highest BCUT2D eigenvalue weighted by Crippen LogP contribution is 2.33. The Balaban J connectivity index is 0.00000208. The molecule has 1 aliphatic rings. The molecule has 0 unspecified atom stereocenters. The lowest BCUT2D eigenvalue weighted by Gasteiger charge is -2.26. The molecule has 0 atom stereocenters. The third kappa shape index (κ3) is 4.47. The number of likely N-dealkylation sites (tertiary alicyclic amines) is 1. The molecule has 3 rings (SSSR count). The summed E-state index contributed by atoms with van der Waals surface area (Å²) in [6.45, 7) is 4.19. The first-order valence-corrected chi connectivity index (χ1v) is 8.49. The Kier molecular flexibility index (Phi) is 7.02. The molecule has 0 amide bonds. The maximum absolute atomic E-state index is 6.10. The Morgan fingerprint density at radius 2 is 1.92 bits per heavy atom. The topological polar surface area (TPSA) is 79.0 Å². The fraction of sp³-hybridized carbons (Fsp3) is 0.529. The zero-order valence-electron chi connectivity index (χ0n) is 13.9. The first-order chi connectivity index (χ1) is 11.3. The van der Waals surface area contributed by atoms with Crippen LogP contribution in [0.25, 0.3) is 10.9 Å². The van der Waals surface area contributed by atoms with Gasteiger partial charge in [0.2, 0.25) is 0 Å². The van der Waals surface area contributed by atoms with Crippen molar-refractivity contribution in [2.45, 2.75) is 25.7 Å². The molecule has 1 fully saturated rings. The molecule has 2 N–H and O–H groups in total. The zero-order valence-corrected chi connectivity index (χ0v) is 14.7. The minimum atomic E-state index is 0. The third-order valence-electron chi connectivity index (χ3n) is 4.20. The van der Waals surface area contributed by atoms with Crippen molar-refractivity contribution in [3.8, 4) is 11.5 Å². The predicted octanol–water partition coefficient (Wildman–Crippen LogP) is 2.72. The Hall–Kier alpha value is -1.63. The summed E-state index contributed by atoms with van der Waals surface area (Å²) in [5, 5.41) is 1.19. The van der Waals surface area contributed by atoms with Gasteiger partial charge in [-0.05, 0) is 38.4 Å². The molecule has 7 heteroatoms. The summed E-state index contributed by atoms with van der Waals surface area (Å²) in [7, 11) is 1.62. The highest BCUT2D eigenvalue weighted by Gasteiger charge is 2.12. The molecule has 6 nitrogen and oxygen atoms in total. The van der Waals surface area contributed by atoms with Crippen LogP contribution in [0.5, 0.6) is 11.5 Å². The molecule has 1 aliphatic heterocycles. The average Bonchev–Trinajstić information content (AvgIpc) is 2.59. The highest BCUT2D eigenvalue weighted by atomic mass is 35.5. The summed E-state index contributed by atoms with van der Waals surface area (Å²) in [5.41, 5.74) is 0.761. The summed E-state index contributed by atoms with van der Waals surface area (Å²) in [6, 6.07) is 3.69. The van der Waals surface area contributed by atoms with E-state index in [9.17, 15) is 0 Å². The maximum Gasteiger partial charge on any atom is 0.163 e. The van der Waals surface area contributed by atoms with Gasteiger partial charge in [-0.2, -0.15) is 0 Å². The fourth-order valence-corrected chi connectivity index (χ4v) is 3.15. The number of methoxy groups -OCH3 is 1. The van der Waals surface area contributed by atoms with Crippen LogP contribution in [0.2, 0.25) is 5.15 Å². The molecule has 132 valence electrons. The summed E-state index contributed by atoms with van der Waals surface area (Å²) >= 11 is 6.10. The molecule has 2 aromatic rings. The van der Waals surface area contributed by atoms with Crippen LogP contribution in [0.4, 0.5) is 0 Å². The van der Waals surface area contributed by atoms with Crippen molar-refractivity contribution in [1.29, 1.82) is 0 Å². The van der Waals surface area contributed by atoms with Gasteiger partial charge in [-0.25, -0.2) is 9.97 Å². The number of nitrogens with zero attached hydrogens (tertiary/aromatic N) is 3. The van der Waals surface area contributed by atoms with Crippen molar-refractivity contribution < 1.29 is 14.9 Å². The second kappa shape index (κ2) is 9.01. The lowest BCUT2D eigenvalue weighted by atomic mass is 10.1. The summed E-state index contributed by atoms with van der Waals surface area (Å²) in [6.07, 6.45) is 6.47. The third-order valence-corrected chi connectivity index (χ3v) is 4.50. The van der Waals surface area contributed by atoms with Crippen molar-refractivity contribution in [3.05, 3.63) is 23.6 Å². The molecule has 1 aromatic carbocycles. The molecule has 0 bridgehead atoms. The Labute approximate surface area is 147 Å². The van der Waals surface area contributed by atoms with Gasteiger partial charge in [0.1, 0.15) is 11.5 Å². The minimum Gasteiger partial charge on any atom is -0.493 e. The fourth-order valence-electron chi connectivity index (χ4n) is 2.96. The Morgan fingerprint density at radius 1 is 1.12 bits per heavy atom. The maximum atomic E-state index is 6.10. The second-order valence-electron chi connectivity index (χ2n) is 5.79. The van der Waals surface area contributed by atoms with E-state index in [2.05, 4.69) is 14.9 Å². The molecule has 0 saturated carbocycles. The van der Waals surface area contributed by atoms with Crippen LogP contribution in [0.1, 0.15) is 25.7 Å². The van der Waals surface area contributed by atoms with E-state index in [1.807, 2.05) is 12.1 Å². The van der Waals surface area contributed by atoms with Crippen LogP contribution in [0.15, 0.2) is 18.5 Å². The van der Waals surface area contributed by atoms with Crippen LogP contribution in [-0.2, 0) is 0 Å². The van der Waals surface area contributed by atoms with Crippen LogP contribution in [0, 0.1) is 0 Å². The molecule has 0 radical (unpaired) electrons. The molecule has 1 aromatic heterocycles. The van der Waals surface area contributed by atoms with Gasteiger partial charge in [0.25, 0.3) is 0 Å². The van der Waals surface area contributed by atoms with Crippen molar-refractivity contribution in [1.82, 2.24) is 14.9 Å². The van der Waals surface area contributed by atoms with Gasteiger partial charge in [0, 0.05) is 18.0 Å². The van der Waals surface area contributed by atoms with Gasteiger partial charge in [0.15, 0.2) is 11.5 Å². The van der Waals surface area contributed by atoms with E-state index in [4.69, 9.17) is 21.1 Å². The number of rotatable bonds is 6. The predicted molar refractivity (Wildman–Crippen MR) is 95.1 cm³/mol. The minimum absolute atomic E-state index is 0. The standard InChI is InChI=1S/C17H22ClN3O2.H2O/c1-22-15-10-13-14(19-12-20-17(13)18)11-16(15)23-9-5-8-21-6-3-2-4-7-21;/h10-12H,2-9H2,1H3;1H2. The number of fused-ring (bicyclic) bond motifs is 1. The van der Waals surface area contributed by atoms with Crippen LogP contribution in [-0.4, -0.2) is 53.7 Å². The van der Waals surface area contributed by atoms with Crippen LogP contribution >= 0.6 is 11.6 Å². The van der Waals surface area contributed by atoms with E-state index in [1.165, 1.54) is 38.7 Å². The van der Waals surface area contributed by atoms with Crippen LogP contribution < -0.4 is 9.47 Å². The largest absolute Gasteiger partial charge is 0.493 e. The quantitative estimate of drug-likeness (QED) is 0.589. The molecule has 2 heterocycles. The summed E-state index contributed by atoms with van der Waals surface area (Å²) < 4.78 is 11.3. The van der Waals surface area contributed by atoms with Gasteiger partial charge in [-0.1, -0.05) is 18.0 Å². The average molecular weight is 354 g/mol. The van der Waals surface area contributed by atoms with Crippen molar-refractivity contribution in [2.24, 2.45) is 0 Å². The van der Waals surface area contributed by atoms with Gasteiger partial charge < -0.3 is 19.8 Å². The monoisotopic (exact) mass is 353 g/mol. The second-order valence-corrected chi connectivity index (χ2v) is 6.15. The molecular weight excluding hydrogens is 330 g/mol. The van der Waals surface area contributed by atoms with Gasteiger partial charge in [-0.3, -0.25) is 0 Å². The SMILES string of the molecule is COc1cc2c(Cl)ncnc2cc1OCCCN1CCCCC1.O. The number of benzene rings is 1. The Morgan fingerprint density at radius 3 is 2.67 bits per heavy atom. The van der Waals surface area contributed by atoms with Gasteiger partial charge in [0.05, 0.1) is 19.2 Å². The number of aromatic nitrogens is 2. The molecule has 0 spiro atoms. The van der Waals surface area contributed by atoms with E-state index in [0.717, 1.165) is 23.9 Å². The van der Waals surface area contributed by atoms with E-state index in [1.54, 1.807) is 7.11 Å². The van der Waals surface area contributed by atoms with Crippen molar-refractivity contribution >= 4 is 22.5 Å². The highest BCUT2D eigenvalue weighted by molar-refractivity contribution is 6.34. The zero-order chi connectivity index (χ0) is 16.1. The van der Waals surface area contributed by atoms with Gasteiger partial charge in [-0.15, -0.1) is 0 Å². The summed E-state index contributed by atoms with van der Waals surface area (Å²) in [4.78, 5) is 10.7. The van der Waals surface area contributed by atoms with Crippen LogP contribution in [0.3, 0.4) is 0 Å². The number of halogens is 1. The normalized spacial score (nSPS) is 15.1. The number of hydrogen-bond donors (Lipinski definition) is 0. The molecule has 1 saturated heterocycles. The lowest BCUT2D eigenvalue weighted by Crippen LogP contribution is -2.31. The lowest BCUT2D eigenvalue weighted by molar-refractivity contribution is 0.203. The van der Waals surface area contributed by atoms with Crippen molar-refractivity contribution in [2.75, 3.05) is 33.4 Å². The number of hydrogen-bond acceptors (Lipinski definition) is 5. The molecule has 24 heavy (non-hydrogen) atoms. The number of piperidine rings is 1. The summed E-state index contributed by atoms with van der Waals surface area (Å²) in [5.74, 6) is 1.36. The molecular formula is C17H24ClN3O3. The Bertz CT molecular complexity index is 663. The van der Waals surface area contributed by atoms with E-state index in [-0.39, 0.29) is 5.48 Å². The van der Waals surface area contributed by atoms with E-state index in [0.29, 0.717) is 23.3 Å². The number of ether oxygens (including phenoxy) is 2. The smallest absolute Gasteiger partial charge is 0.163 e. The first kappa shape index (κ1) is 18.7. The van der Waals surface area contributed by atoms with Gasteiger partial charge >= 0.3 is 0 Å².